The van der Waals surface area contributed by atoms with Crippen LogP contribution >= 0.6 is 11.5 Å². The molecule has 1 amide bonds. The van der Waals surface area contributed by atoms with Gasteiger partial charge in [-0.2, -0.15) is 0 Å². The first-order chi connectivity index (χ1) is 8.81. The molecule has 3 rings (SSSR count). The summed E-state index contributed by atoms with van der Waals surface area (Å²) in [4.78, 5) is 15.4. The maximum absolute atomic E-state index is 12.6. The number of nitrogens with zero attached hydrogens (tertiary/aromatic N) is 3. The summed E-state index contributed by atoms with van der Waals surface area (Å²) in [6, 6.07) is 0.514. The van der Waals surface area contributed by atoms with Crippen molar-refractivity contribution in [2.75, 3.05) is 13.2 Å². The molecule has 0 spiro atoms. The predicted octanol–water partition coefficient (Wildman–Crippen LogP) is 1.49. The molecule has 0 aliphatic carbocycles. The van der Waals surface area contributed by atoms with E-state index in [0.29, 0.717) is 13.2 Å². The lowest BCUT2D eigenvalue weighted by Gasteiger charge is -2.34. The molecule has 0 unspecified atom stereocenters. The van der Waals surface area contributed by atoms with Crippen LogP contribution < -0.4 is 0 Å². The van der Waals surface area contributed by atoms with Gasteiger partial charge in [0.2, 0.25) is 0 Å². The lowest BCUT2D eigenvalue weighted by Crippen LogP contribution is -2.49. The van der Waals surface area contributed by atoms with Crippen LogP contribution in [0.1, 0.15) is 41.6 Å². The molecule has 2 bridgehead atoms. The molecular formula is C12H17N3O2S. The molecule has 2 fully saturated rings. The minimum Gasteiger partial charge on any atom is -0.377 e. The first-order valence-corrected chi connectivity index (χ1v) is 7.30. The van der Waals surface area contributed by atoms with Crippen LogP contribution in [0.2, 0.25) is 0 Å². The molecule has 18 heavy (non-hydrogen) atoms. The number of aryl methyl sites for hydroxylation is 1. The normalized spacial score (nSPS) is 26.6. The van der Waals surface area contributed by atoms with E-state index in [1.165, 1.54) is 11.5 Å². The summed E-state index contributed by atoms with van der Waals surface area (Å²) in [5.41, 5.74) is 0.860. The fraction of sp³-hybridized carbons (Fsp3) is 0.750. The van der Waals surface area contributed by atoms with Crippen LogP contribution in [0.25, 0.3) is 0 Å². The number of amides is 1. The van der Waals surface area contributed by atoms with Gasteiger partial charge in [-0.1, -0.05) is 17.8 Å². The van der Waals surface area contributed by atoms with Crippen molar-refractivity contribution in [1.82, 2.24) is 14.5 Å². The fourth-order valence-electron chi connectivity index (χ4n) is 2.85. The number of fused-ring (bicyclic) bond motifs is 2. The molecule has 0 aromatic carbocycles. The van der Waals surface area contributed by atoms with E-state index in [0.717, 1.165) is 36.3 Å². The van der Waals surface area contributed by atoms with Crippen molar-refractivity contribution in [2.45, 2.75) is 44.7 Å². The van der Waals surface area contributed by atoms with Gasteiger partial charge in [0.15, 0.2) is 0 Å². The van der Waals surface area contributed by atoms with Gasteiger partial charge in [0.05, 0.1) is 31.0 Å². The third-order valence-corrected chi connectivity index (χ3v) is 4.47. The maximum Gasteiger partial charge on any atom is 0.268 e. The van der Waals surface area contributed by atoms with Gasteiger partial charge in [0.25, 0.3) is 5.91 Å². The van der Waals surface area contributed by atoms with Crippen molar-refractivity contribution in [3.8, 4) is 0 Å². The summed E-state index contributed by atoms with van der Waals surface area (Å²) >= 11 is 1.23. The third kappa shape index (κ3) is 1.93. The molecule has 0 N–H and O–H groups in total. The predicted molar refractivity (Wildman–Crippen MR) is 67.7 cm³/mol. The Morgan fingerprint density at radius 3 is 2.83 bits per heavy atom. The van der Waals surface area contributed by atoms with Gasteiger partial charge in [-0.25, -0.2) is 0 Å². The molecule has 2 saturated heterocycles. The summed E-state index contributed by atoms with van der Waals surface area (Å²) in [6.45, 7) is 3.45. The number of carbonyl (C=O) groups is 1. The molecule has 2 atom stereocenters. The van der Waals surface area contributed by atoms with E-state index < -0.39 is 0 Å². The second-order valence-corrected chi connectivity index (χ2v) is 5.69. The molecule has 0 radical (unpaired) electrons. The van der Waals surface area contributed by atoms with Gasteiger partial charge >= 0.3 is 0 Å². The van der Waals surface area contributed by atoms with Crippen molar-refractivity contribution in [3.05, 3.63) is 10.6 Å². The van der Waals surface area contributed by atoms with E-state index in [9.17, 15) is 4.79 Å². The van der Waals surface area contributed by atoms with Gasteiger partial charge in [-0.15, -0.1) is 5.10 Å². The number of rotatable bonds is 3. The van der Waals surface area contributed by atoms with Crippen LogP contribution in [0.15, 0.2) is 0 Å². The summed E-state index contributed by atoms with van der Waals surface area (Å²) in [5.74, 6) is 0.115. The molecule has 2 aliphatic heterocycles. The second kappa shape index (κ2) is 4.93. The molecular weight excluding hydrogens is 250 g/mol. The average Bonchev–Trinajstić information content (AvgIpc) is 2.92. The Balaban J connectivity index is 1.83. The lowest BCUT2D eigenvalue weighted by molar-refractivity contribution is -0.00696. The van der Waals surface area contributed by atoms with Gasteiger partial charge < -0.3 is 9.64 Å². The molecule has 5 nitrogen and oxygen atoms in total. The Bertz CT molecular complexity index is 432. The van der Waals surface area contributed by atoms with E-state index in [-0.39, 0.29) is 18.0 Å². The van der Waals surface area contributed by atoms with Crippen LogP contribution in [0.4, 0.5) is 0 Å². The minimum absolute atomic E-state index is 0.115. The zero-order valence-corrected chi connectivity index (χ0v) is 11.3. The minimum atomic E-state index is 0.115. The summed E-state index contributed by atoms with van der Waals surface area (Å²) in [6.07, 6.45) is 3.94. The molecule has 98 valence electrons. The smallest absolute Gasteiger partial charge is 0.268 e. The number of hydrogen-bond acceptors (Lipinski definition) is 5. The van der Waals surface area contributed by atoms with Crippen molar-refractivity contribution in [2.24, 2.45) is 0 Å². The number of carbonyl (C=O) groups excluding carboxylic acids is 1. The first kappa shape index (κ1) is 12.0. The largest absolute Gasteiger partial charge is 0.377 e. The fourth-order valence-corrected chi connectivity index (χ4v) is 3.50. The quantitative estimate of drug-likeness (QED) is 0.832. The van der Waals surface area contributed by atoms with Gasteiger partial charge in [0.1, 0.15) is 4.88 Å². The average molecular weight is 267 g/mol. The number of ether oxygens (including phenoxy) is 1. The van der Waals surface area contributed by atoms with Crippen LogP contribution in [0, 0.1) is 0 Å². The zero-order chi connectivity index (χ0) is 12.5. The topological polar surface area (TPSA) is 55.3 Å². The van der Waals surface area contributed by atoms with Gasteiger partial charge in [0, 0.05) is 0 Å². The van der Waals surface area contributed by atoms with Crippen molar-refractivity contribution in [1.29, 1.82) is 0 Å². The van der Waals surface area contributed by atoms with E-state index in [1.807, 2.05) is 4.90 Å². The summed E-state index contributed by atoms with van der Waals surface area (Å²) < 4.78 is 9.45. The van der Waals surface area contributed by atoms with Crippen LogP contribution in [-0.2, 0) is 11.2 Å². The lowest BCUT2D eigenvalue weighted by atomic mass is 10.2. The Hall–Kier alpha value is -1.01. The number of aromatic nitrogens is 2. The number of morpholine rings is 1. The van der Waals surface area contributed by atoms with Gasteiger partial charge in [-0.3, -0.25) is 4.79 Å². The molecule has 1 aromatic rings. The standard InChI is InChI=1S/C12H17N3O2S/c1-2-3-10-11(18-14-13-10)12(16)15-8-4-5-9(15)7-17-6-8/h8-9H,2-7H2,1H3/t8-,9+. The van der Waals surface area contributed by atoms with Crippen molar-refractivity contribution >= 4 is 17.4 Å². The van der Waals surface area contributed by atoms with E-state index in [1.54, 1.807) is 0 Å². The SMILES string of the molecule is CCCc1nnsc1C(=O)N1[C@@H]2CC[C@H]1COC2. The van der Waals surface area contributed by atoms with E-state index in [2.05, 4.69) is 16.5 Å². The van der Waals surface area contributed by atoms with E-state index >= 15 is 0 Å². The van der Waals surface area contributed by atoms with Crippen molar-refractivity contribution in [3.63, 3.8) is 0 Å². The van der Waals surface area contributed by atoms with E-state index in [4.69, 9.17) is 4.74 Å². The Labute approximate surface area is 110 Å². The van der Waals surface area contributed by atoms with Crippen LogP contribution in [0.5, 0.6) is 0 Å². The molecule has 1 aromatic heterocycles. The molecule has 3 heterocycles. The summed E-state index contributed by atoms with van der Waals surface area (Å²) in [7, 11) is 0. The molecule has 0 saturated carbocycles. The Kier molecular flexibility index (Phi) is 3.30. The highest BCUT2D eigenvalue weighted by atomic mass is 32.1. The molecule has 2 aliphatic rings. The Morgan fingerprint density at radius 2 is 2.17 bits per heavy atom. The highest BCUT2D eigenvalue weighted by Gasteiger charge is 2.41. The highest BCUT2D eigenvalue weighted by molar-refractivity contribution is 7.08. The first-order valence-electron chi connectivity index (χ1n) is 6.53. The zero-order valence-electron chi connectivity index (χ0n) is 10.5. The van der Waals surface area contributed by atoms with Crippen LogP contribution in [0.3, 0.4) is 0 Å². The third-order valence-electron chi connectivity index (χ3n) is 3.71. The molecule has 6 heteroatoms. The Morgan fingerprint density at radius 1 is 1.44 bits per heavy atom. The second-order valence-electron chi connectivity index (χ2n) is 4.93. The summed E-state index contributed by atoms with van der Waals surface area (Å²) in [5, 5.41) is 4.08. The number of hydrogen-bond donors (Lipinski definition) is 0. The van der Waals surface area contributed by atoms with Crippen molar-refractivity contribution < 1.29 is 9.53 Å². The highest BCUT2D eigenvalue weighted by Crippen LogP contribution is 2.31. The van der Waals surface area contributed by atoms with Gasteiger partial charge in [-0.05, 0) is 30.8 Å². The maximum atomic E-state index is 12.6. The van der Waals surface area contributed by atoms with Crippen LogP contribution in [-0.4, -0.2) is 45.7 Å². The monoisotopic (exact) mass is 267 g/mol.